The molecule has 142 valence electrons. The normalized spacial score (nSPS) is 12.9. The second-order valence-corrected chi connectivity index (χ2v) is 6.56. The zero-order chi connectivity index (χ0) is 19.4. The molecule has 7 heteroatoms. The molecule has 1 heterocycles. The molecule has 0 bridgehead atoms. The number of rotatable bonds is 6. The second-order valence-electron chi connectivity index (χ2n) is 6.56. The number of hydrogen-bond acceptors (Lipinski definition) is 4. The Kier molecular flexibility index (Phi) is 5.59. The van der Waals surface area contributed by atoms with Crippen molar-refractivity contribution in [3.63, 3.8) is 0 Å². The van der Waals surface area contributed by atoms with Crippen LogP contribution < -0.4 is 15.6 Å². The maximum atomic E-state index is 12.4. The SMILES string of the molecule is COc1cc(C(=O)O)ccc1CCNC(=O)c1cc2c([nH]c1=O)CCCC2. The summed E-state index contributed by atoms with van der Waals surface area (Å²) in [6.07, 6.45) is 4.29. The quantitative estimate of drug-likeness (QED) is 0.720. The number of pyridine rings is 1. The molecule has 0 atom stereocenters. The van der Waals surface area contributed by atoms with E-state index in [2.05, 4.69) is 10.3 Å². The molecule has 1 aromatic carbocycles. The maximum Gasteiger partial charge on any atom is 0.335 e. The van der Waals surface area contributed by atoms with Gasteiger partial charge in [-0.3, -0.25) is 9.59 Å². The highest BCUT2D eigenvalue weighted by molar-refractivity contribution is 5.94. The minimum atomic E-state index is -1.03. The number of carbonyl (C=O) groups excluding carboxylic acids is 1. The molecule has 1 aromatic heterocycles. The summed E-state index contributed by atoms with van der Waals surface area (Å²) in [5, 5.41) is 11.8. The van der Waals surface area contributed by atoms with Gasteiger partial charge in [-0.2, -0.15) is 0 Å². The Morgan fingerprint density at radius 3 is 2.74 bits per heavy atom. The molecule has 7 nitrogen and oxygen atoms in total. The number of amides is 1. The number of benzene rings is 1. The van der Waals surface area contributed by atoms with E-state index in [4.69, 9.17) is 9.84 Å². The first-order valence-electron chi connectivity index (χ1n) is 8.93. The van der Waals surface area contributed by atoms with E-state index in [-0.39, 0.29) is 16.7 Å². The van der Waals surface area contributed by atoms with Crippen LogP contribution in [-0.4, -0.2) is 35.6 Å². The Morgan fingerprint density at radius 1 is 1.22 bits per heavy atom. The van der Waals surface area contributed by atoms with Gasteiger partial charge in [-0.15, -0.1) is 0 Å². The van der Waals surface area contributed by atoms with Crippen LogP contribution in [0.5, 0.6) is 5.75 Å². The van der Waals surface area contributed by atoms with Crippen molar-refractivity contribution >= 4 is 11.9 Å². The molecule has 1 aliphatic carbocycles. The highest BCUT2D eigenvalue weighted by atomic mass is 16.5. The molecular formula is C20H22N2O5. The Labute approximate surface area is 156 Å². The van der Waals surface area contributed by atoms with Crippen LogP contribution in [0.3, 0.4) is 0 Å². The number of aromatic carboxylic acids is 1. The number of hydrogen-bond donors (Lipinski definition) is 3. The fourth-order valence-electron chi connectivity index (χ4n) is 3.33. The van der Waals surface area contributed by atoms with Crippen LogP contribution in [0.1, 0.15) is 50.4 Å². The summed E-state index contributed by atoms with van der Waals surface area (Å²) >= 11 is 0. The molecule has 0 saturated heterocycles. The van der Waals surface area contributed by atoms with E-state index < -0.39 is 11.9 Å². The fraction of sp³-hybridized carbons (Fsp3) is 0.350. The lowest BCUT2D eigenvalue weighted by Crippen LogP contribution is -2.32. The van der Waals surface area contributed by atoms with Gasteiger partial charge in [-0.25, -0.2) is 4.79 Å². The summed E-state index contributed by atoms with van der Waals surface area (Å²) in [4.78, 5) is 38.4. The van der Waals surface area contributed by atoms with Gasteiger partial charge in [-0.05, 0) is 61.4 Å². The molecule has 2 aromatic rings. The first kappa shape index (κ1) is 18.7. The predicted molar refractivity (Wildman–Crippen MR) is 99.7 cm³/mol. The molecule has 0 saturated carbocycles. The lowest BCUT2D eigenvalue weighted by Gasteiger charge is -2.16. The summed E-state index contributed by atoms with van der Waals surface area (Å²) in [5.41, 5.74) is 2.66. The summed E-state index contributed by atoms with van der Waals surface area (Å²) in [6, 6.07) is 6.31. The third-order valence-electron chi connectivity index (χ3n) is 4.80. The number of carbonyl (C=O) groups is 2. The summed E-state index contributed by atoms with van der Waals surface area (Å²) < 4.78 is 5.23. The lowest BCUT2D eigenvalue weighted by atomic mass is 9.95. The number of aromatic nitrogens is 1. The molecule has 3 N–H and O–H groups in total. The third-order valence-corrected chi connectivity index (χ3v) is 4.80. The zero-order valence-corrected chi connectivity index (χ0v) is 15.1. The summed E-state index contributed by atoms with van der Waals surface area (Å²) in [6.45, 7) is 0.304. The summed E-state index contributed by atoms with van der Waals surface area (Å²) in [5.74, 6) is -0.985. The van der Waals surface area contributed by atoms with Crippen molar-refractivity contribution in [1.82, 2.24) is 10.3 Å². The van der Waals surface area contributed by atoms with Gasteiger partial charge in [0, 0.05) is 12.2 Å². The van der Waals surface area contributed by atoms with E-state index in [0.29, 0.717) is 18.7 Å². The van der Waals surface area contributed by atoms with Gasteiger partial charge in [-0.1, -0.05) is 6.07 Å². The monoisotopic (exact) mass is 370 g/mol. The molecule has 3 rings (SSSR count). The number of aryl methyl sites for hydroxylation is 2. The average Bonchev–Trinajstić information content (AvgIpc) is 2.67. The highest BCUT2D eigenvalue weighted by Gasteiger charge is 2.17. The standard InChI is InChI=1S/C20H22N2O5/c1-27-17-11-14(20(25)26)7-6-12(17)8-9-21-18(23)15-10-13-4-2-3-5-16(13)22-19(15)24/h6-7,10-11H,2-5,8-9H2,1H3,(H,21,23)(H,22,24)(H,25,26). The van der Waals surface area contributed by atoms with Crippen LogP contribution in [-0.2, 0) is 19.3 Å². The first-order chi connectivity index (χ1) is 13.0. The molecular weight excluding hydrogens is 348 g/mol. The van der Waals surface area contributed by atoms with E-state index in [1.165, 1.54) is 19.2 Å². The molecule has 27 heavy (non-hydrogen) atoms. The van der Waals surface area contributed by atoms with Crippen molar-refractivity contribution in [3.05, 3.63) is 62.6 Å². The number of ether oxygens (including phenoxy) is 1. The highest BCUT2D eigenvalue weighted by Crippen LogP contribution is 2.21. The van der Waals surface area contributed by atoms with E-state index >= 15 is 0 Å². The van der Waals surface area contributed by atoms with Gasteiger partial charge in [0.05, 0.1) is 12.7 Å². The van der Waals surface area contributed by atoms with Crippen LogP contribution in [0.4, 0.5) is 0 Å². The van der Waals surface area contributed by atoms with Crippen LogP contribution in [0.25, 0.3) is 0 Å². The molecule has 1 amide bonds. The number of nitrogens with one attached hydrogen (secondary N) is 2. The number of fused-ring (bicyclic) bond motifs is 1. The van der Waals surface area contributed by atoms with Gasteiger partial charge in [0.1, 0.15) is 11.3 Å². The average molecular weight is 370 g/mol. The Morgan fingerprint density at radius 2 is 2.00 bits per heavy atom. The van der Waals surface area contributed by atoms with Gasteiger partial charge in [0.25, 0.3) is 11.5 Å². The number of aromatic amines is 1. The van der Waals surface area contributed by atoms with Gasteiger partial charge >= 0.3 is 5.97 Å². The predicted octanol–water partition coefficient (Wildman–Crippen LogP) is 1.93. The molecule has 0 unspecified atom stereocenters. The van der Waals surface area contributed by atoms with Crippen LogP contribution in [0.2, 0.25) is 0 Å². The van der Waals surface area contributed by atoms with E-state index in [0.717, 1.165) is 42.5 Å². The van der Waals surface area contributed by atoms with Crippen LogP contribution in [0.15, 0.2) is 29.1 Å². The largest absolute Gasteiger partial charge is 0.496 e. The minimum Gasteiger partial charge on any atom is -0.496 e. The van der Waals surface area contributed by atoms with E-state index in [1.807, 2.05) is 0 Å². The van der Waals surface area contributed by atoms with Crippen molar-refractivity contribution in [2.45, 2.75) is 32.1 Å². The van der Waals surface area contributed by atoms with Gasteiger partial charge in [0.2, 0.25) is 0 Å². The maximum absolute atomic E-state index is 12.4. The first-order valence-corrected chi connectivity index (χ1v) is 8.93. The van der Waals surface area contributed by atoms with Crippen molar-refractivity contribution in [1.29, 1.82) is 0 Å². The van der Waals surface area contributed by atoms with Crippen molar-refractivity contribution in [2.75, 3.05) is 13.7 Å². The number of carboxylic acids is 1. The molecule has 1 aliphatic rings. The fourth-order valence-corrected chi connectivity index (χ4v) is 3.33. The Bertz CT molecular complexity index is 932. The third kappa shape index (κ3) is 4.19. The number of H-pyrrole nitrogens is 1. The van der Waals surface area contributed by atoms with E-state index in [9.17, 15) is 14.4 Å². The smallest absolute Gasteiger partial charge is 0.335 e. The summed E-state index contributed by atoms with van der Waals surface area (Å²) in [7, 11) is 1.47. The van der Waals surface area contributed by atoms with Crippen LogP contribution >= 0.6 is 0 Å². The topological polar surface area (TPSA) is 108 Å². The van der Waals surface area contributed by atoms with Crippen molar-refractivity contribution < 1.29 is 19.4 Å². The molecule has 0 fully saturated rings. The Hall–Kier alpha value is -3.09. The molecule has 0 spiro atoms. The van der Waals surface area contributed by atoms with Crippen molar-refractivity contribution in [3.8, 4) is 5.75 Å². The zero-order valence-electron chi connectivity index (χ0n) is 15.1. The van der Waals surface area contributed by atoms with Gasteiger partial charge < -0.3 is 20.1 Å². The lowest BCUT2D eigenvalue weighted by molar-refractivity contribution is 0.0696. The Balaban J connectivity index is 1.67. The van der Waals surface area contributed by atoms with Crippen LogP contribution in [0, 0.1) is 0 Å². The van der Waals surface area contributed by atoms with E-state index in [1.54, 1.807) is 12.1 Å². The number of methoxy groups -OCH3 is 1. The number of carboxylic acid groups (broad SMARTS) is 1. The molecule has 0 aliphatic heterocycles. The minimum absolute atomic E-state index is 0.129. The van der Waals surface area contributed by atoms with Gasteiger partial charge in [0.15, 0.2) is 0 Å². The second kappa shape index (κ2) is 8.07. The van der Waals surface area contributed by atoms with Crippen molar-refractivity contribution in [2.24, 2.45) is 0 Å². The molecule has 0 radical (unpaired) electrons.